The smallest absolute Gasteiger partial charge is 0.325 e. The second-order valence-corrected chi connectivity index (χ2v) is 9.63. The molecule has 2 amide bonds. The number of methoxy groups -OCH3 is 1. The maximum absolute atomic E-state index is 13.8. The summed E-state index contributed by atoms with van der Waals surface area (Å²) in [6.45, 7) is 4.51. The van der Waals surface area contributed by atoms with Gasteiger partial charge in [-0.15, -0.1) is 0 Å². The summed E-state index contributed by atoms with van der Waals surface area (Å²) in [6, 6.07) is 14.7. The van der Waals surface area contributed by atoms with Gasteiger partial charge in [0.2, 0.25) is 5.91 Å². The molecule has 0 saturated carbocycles. The van der Waals surface area contributed by atoms with Crippen molar-refractivity contribution in [3.8, 4) is 5.75 Å². The molecule has 0 bridgehead atoms. The Kier molecular flexibility index (Phi) is 8.13. The lowest BCUT2D eigenvalue weighted by Crippen LogP contribution is -2.42. The predicted octanol–water partition coefficient (Wildman–Crippen LogP) is 3.05. The molecule has 2 aromatic carbocycles. The molecule has 208 valence electrons. The van der Waals surface area contributed by atoms with Gasteiger partial charge >= 0.3 is 5.97 Å². The highest BCUT2D eigenvalue weighted by atomic mass is 32.1. The van der Waals surface area contributed by atoms with Gasteiger partial charge in [0, 0.05) is 35.8 Å². The fourth-order valence-corrected chi connectivity index (χ4v) is 5.19. The Morgan fingerprint density at radius 1 is 1.05 bits per heavy atom. The van der Waals surface area contributed by atoms with E-state index in [0.717, 1.165) is 16.5 Å². The van der Waals surface area contributed by atoms with Crippen molar-refractivity contribution >= 4 is 57.8 Å². The third-order valence-electron chi connectivity index (χ3n) is 6.84. The van der Waals surface area contributed by atoms with Gasteiger partial charge in [0.05, 0.1) is 32.6 Å². The van der Waals surface area contributed by atoms with Crippen LogP contribution in [-0.4, -0.2) is 83.8 Å². The lowest BCUT2D eigenvalue weighted by molar-refractivity contribution is -0.140. The molecule has 0 radical (unpaired) electrons. The summed E-state index contributed by atoms with van der Waals surface area (Å²) in [5.74, 6) is -0.242. The molecule has 40 heavy (non-hydrogen) atoms. The molecule has 5 rings (SSSR count). The maximum atomic E-state index is 13.8. The summed E-state index contributed by atoms with van der Waals surface area (Å²) in [7, 11) is 1.29. The van der Waals surface area contributed by atoms with Crippen molar-refractivity contribution < 1.29 is 28.6 Å². The van der Waals surface area contributed by atoms with Crippen LogP contribution in [0.4, 0.5) is 5.69 Å². The minimum absolute atomic E-state index is 0.00429. The van der Waals surface area contributed by atoms with E-state index in [1.807, 2.05) is 42.0 Å². The molecule has 0 aliphatic carbocycles. The van der Waals surface area contributed by atoms with Gasteiger partial charge in [-0.1, -0.05) is 18.2 Å². The lowest BCUT2D eigenvalue weighted by atomic mass is 10.1. The zero-order valence-corrected chi connectivity index (χ0v) is 23.2. The van der Waals surface area contributed by atoms with Gasteiger partial charge in [-0.25, -0.2) is 0 Å². The van der Waals surface area contributed by atoms with Gasteiger partial charge in [0.1, 0.15) is 24.5 Å². The van der Waals surface area contributed by atoms with Crippen molar-refractivity contribution in [3.63, 3.8) is 0 Å². The van der Waals surface area contributed by atoms with Crippen LogP contribution in [-0.2, 0) is 30.4 Å². The molecule has 0 N–H and O–H groups in total. The minimum atomic E-state index is -0.534. The molecule has 2 aliphatic heterocycles. The summed E-state index contributed by atoms with van der Waals surface area (Å²) in [5.41, 5.74) is 2.36. The zero-order chi connectivity index (χ0) is 28.2. The molecule has 3 aromatic rings. The van der Waals surface area contributed by atoms with E-state index in [4.69, 9.17) is 26.4 Å². The Hall–Kier alpha value is -4.22. The van der Waals surface area contributed by atoms with E-state index in [-0.39, 0.29) is 35.7 Å². The number of carbonyl (C=O) groups excluding carboxylic acids is 3. The van der Waals surface area contributed by atoms with Crippen LogP contribution in [0.1, 0.15) is 12.5 Å². The van der Waals surface area contributed by atoms with Crippen LogP contribution < -0.4 is 9.64 Å². The average Bonchev–Trinajstić information content (AvgIpc) is 3.43. The minimum Gasteiger partial charge on any atom is -0.494 e. The number of morpholine rings is 1. The molecule has 10 nitrogen and oxygen atoms in total. The van der Waals surface area contributed by atoms with Gasteiger partial charge in [0.25, 0.3) is 5.91 Å². The number of anilines is 1. The van der Waals surface area contributed by atoms with Gasteiger partial charge in [-0.3, -0.25) is 19.3 Å². The fourth-order valence-electron chi connectivity index (χ4n) is 4.84. The number of ether oxygens (including phenoxy) is 3. The number of benzene rings is 2. The van der Waals surface area contributed by atoms with E-state index in [0.29, 0.717) is 44.3 Å². The highest BCUT2D eigenvalue weighted by Crippen LogP contribution is 2.32. The quantitative estimate of drug-likeness (QED) is 0.235. The first-order valence-electron chi connectivity index (χ1n) is 13.0. The number of esters is 1. The Bertz CT molecular complexity index is 1480. The Labute approximate surface area is 237 Å². The van der Waals surface area contributed by atoms with E-state index in [2.05, 4.69) is 0 Å². The maximum Gasteiger partial charge on any atom is 0.325 e. The van der Waals surface area contributed by atoms with E-state index in [1.54, 1.807) is 35.2 Å². The Morgan fingerprint density at radius 3 is 2.48 bits per heavy atom. The van der Waals surface area contributed by atoms with Gasteiger partial charge in [-0.05, 0) is 55.5 Å². The van der Waals surface area contributed by atoms with Crippen molar-refractivity contribution in [2.75, 3.05) is 51.5 Å². The summed E-state index contributed by atoms with van der Waals surface area (Å²) < 4.78 is 17.7. The molecule has 0 atom stereocenters. The highest BCUT2D eigenvalue weighted by Gasteiger charge is 2.40. The van der Waals surface area contributed by atoms with Crippen LogP contribution in [0.3, 0.4) is 0 Å². The Balaban J connectivity index is 1.52. The topological polar surface area (TPSA) is 93.5 Å². The van der Waals surface area contributed by atoms with E-state index < -0.39 is 5.97 Å². The Morgan fingerprint density at radius 2 is 1.77 bits per heavy atom. The van der Waals surface area contributed by atoms with Crippen LogP contribution in [0.15, 0.2) is 60.4 Å². The molecular formula is C29H30N4O6S. The molecule has 1 aromatic heterocycles. The van der Waals surface area contributed by atoms with Gasteiger partial charge < -0.3 is 28.6 Å². The first-order valence-corrected chi connectivity index (χ1v) is 13.4. The van der Waals surface area contributed by atoms with Crippen molar-refractivity contribution in [1.82, 2.24) is 14.4 Å². The number of hydrogen-bond donors (Lipinski definition) is 0. The van der Waals surface area contributed by atoms with E-state index in [9.17, 15) is 14.4 Å². The number of carbonyl (C=O) groups is 3. The highest BCUT2D eigenvalue weighted by molar-refractivity contribution is 7.80. The van der Waals surface area contributed by atoms with Crippen LogP contribution >= 0.6 is 12.2 Å². The summed E-state index contributed by atoms with van der Waals surface area (Å²) >= 11 is 5.68. The van der Waals surface area contributed by atoms with Gasteiger partial charge in [-0.2, -0.15) is 0 Å². The summed E-state index contributed by atoms with van der Waals surface area (Å²) in [5, 5.41) is 1.03. The van der Waals surface area contributed by atoms with E-state index in [1.165, 1.54) is 16.9 Å². The predicted molar refractivity (Wildman–Crippen MR) is 154 cm³/mol. The second-order valence-electron chi connectivity index (χ2n) is 9.26. The number of fused-ring (bicyclic) bond motifs is 1. The molecule has 0 spiro atoms. The molecule has 0 unspecified atom stereocenters. The number of amides is 2. The number of nitrogens with zero attached hydrogens (tertiary/aromatic N) is 4. The molecule has 3 heterocycles. The zero-order valence-electron chi connectivity index (χ0n) is 22.4. The normalized spacial score (nSPS) is 16.8. The largest absolute Gasteiger partial charge is 0.494 e. The number of aromatic nitrogens is 1. The summed E-state index contributed by atoms with van der Waals surface area (Å²) in [6.07, 6.45) is 3.56. The fraction of sp³-hybridized carbons (Fsp3) is 0.310. The molecule has 2 fully saturated rings. The monoisotopic (exact) mass is 562 g/mol. The average molecular weight is 563 g/mol. The standard InChI is InChI=1S/C29H30N4O6S/c1-3-39-22-10-8-21(9-11-22)33-28(36)25(32(29(33)40)19-27(35)37-2)16-20-17-31(24-7-5-4-6-23(20)24)18-26(34)30-12-14-38-15-13-30/h4-11,16-17H,3,12-15,18-19H2,1-2H3/b25-16-. The first-order chi connectivity index (χ1) is 19.4. The summed E-state index contributed by atoms with van der Waals surface area (Å²) in [4.78, 5) is 43.8. The number of para-hydroxylation sites is 1. The van der Waals surface area contributed by atoms with Crippen molar-refractivity contribution in [2.45, 2.75) is 13.5 Å². The number of thiocarbonyl (C=S) groups is 1. The molecule has 11 heteroatoms. The third kappa shape index (κ3) is 5.43. The SMILES string of the molecule is CCOc1ccc(N2C(=O)/C(=C/c3cn(CC(=O)N4CCOCC4)c4ccccc34)N(CC(=O)OC)C2=S)cc1. The van der Waals surface area contributed by atoms with Crippen molar-refractivity contribution in [3.05, 3.63) is 66.0 Å². The van der Waals surface area contributed by atoms with Crippen LogP contribution in [0, 0.1) is 0 Å². The lowest BCUT2D eigenvalue weighted by Gasteiger charge is -2.27. The van der Waals surface area contributed by atoms with Gasteiger partial charge in [0.15, 0.2) is 5.11 Å². The van der Waals surface area contributed by atoms with Crippen molar-refractivity contribution in [2.24, 2.45) is 0 Å². The molecular weight excluding hydrogens is 532 g/mol. The number of rotatable bonds is 8. The van der Waals surface area contributed by atoms with Crippen LogP contribution in [0.2, 0.25) is 0 Å². The third-order valence-corrected chi connectivity index (χ3v) is 7.24. The molecule has 2 aliphatic rings. The van der Waals surface area contributed by atoms with Crippen molar-refractivity contribution in [1.29, 1.82) is 0 Å². The molecule has 2 saturated heterocycles. The first kappa shape index (κ1) is 27.4. The number of hydrogen-bond acceptors (Lipinski definition) is 7. The van der Waals surface area contributed by atoms with Crippen LogP contribution in [0.5, 0.6) is 5.75 Å². The van der Waals surface area contributed by atoms with Crippen LogP contribution in [0.25, 0.3) is 17.0 Å². The van der Waals surface area contributed by atoms with E-state index >= 15 is 0 Å². The second kappa shape index (κ2) is 11.9.